The van der Waals surface area contributed by atoms with Crippen LogP contribution in [0, 0.1) is 5.41 Å². The first-order valence-electron chi connectivity index (χ1n) is 5.07. The Morgan fingerprint density at radius 1 is 1.40 bits per heavy atom. The minimum Gasteiger partial charge on any atom is -0.465 e. The molecule has 0 aromatic rings. The summed E-state index contributed by atoms with van der Waals surface area (Å²) in [5, 5.41) is 10.2. The molecule has 0 spiro atoms. The molecule has 0 aromatic carbocycles. The lowest BCUT2D eigenvalue weighted by atomic mass is 9.73. The molecule has 5 nitrogen and oxygen atoms in total. The number of ether oxygens (including phenoxy) is 2. The van der Waals surface area contributed by atoms with Crippen LogP contribution in [0.3, 0.4) is 0 Å². The number of rotatable bonds is 2. The molecule has 2 rings (SSSR count). The van der Waals surface area contributed by atoms with Crippen LogP contribution < -0.4 is 0 Å². The van der Waals surface area contributed by atoms with Crippen LogP contribution in [0.2, 0.25) is 0 Å². The third kappa shape index (κ3) is 1.23. The topological polar surface area (TPSA) is 72.8 Å². The number of hydrogen-bond acceptors (Lipinski definition) is 5. The van der Waals surface area contributed by atoms with Crippen LogP contribution in [-0.2, 0) is 19.1 Å². The average molecular weight is 214 g/mol. The second-order valence-corrected chi connectivity index (χ2v) is 4.08. The van der Waals surface area contributed by atoms with E-state index in [-0.39, 0.29) is 18.8 Å². The normalized spacial score (nSPS) is 40.5. The van der Waals surface area contributed by atoms with Gasteiger partial charge in [0.2, 0.25) is 0 Å². The van der Waals surface area contributed by atoms with E-state index in [1.165, 1.54) is 6.92 Å². The van der Waals surface area contributed by atoms with Gasteiger partial charge in [-0.25, -0.2) is 0 Å². The van der Waals surface area contributed by atoms with Crippen molar-refractivity contribution < 1.29 is 24.2 Å². The monoisotopic (exact) mass is 214 g/mol. The van der Waals surface area contributed by atoms with Gasteiger partial charge in [-0.1, -0.05) is 0 Å². The maximum absolute atomic E-state index is 11.6. The predicted octanol–water partition coefficient (Wildman–Crippen LogP) is 0.00770. The van der Waals surface area contributed by atoms with Gasteiger partial charge in [-0.2, -0.15) is 0 Å². The van der Waals surface area contributed by atoms with Crippen molar-refractivity contribution in [1.29, 1.82) is 0 Å². The fraction of sp³-hybridized carbons (Fsp3) is 0.800. The molecular weight excluding hydrogens is 200 g/mol. The number of esters is 1. The maximum atomic E-state index is 11.6. The van der Waals surface area contributed by atoms with Gasteiger partial charge in [0, 0.05) is 12.8 Å². The van der Waals surface area contributed by atoms with Gasteiger partial charge in [-0.3, -0.25) is 9.59 Å². The van der Waals surface area contributed by atoms with Gasteiger partial charge in [-0.15, -0.1) is 0 Å². The Morgan fingerprint density at radius 2 is 2.13 bits per heavy atom. The van der Waals surface area contributed by atoms with Gasteiger partial charge >= 0.3 is 5.97 Å². The zero-order valence-corrected chi connectivity index (χ0v) is 8.62. The summed E-state index contributed by atoms with van der Waals surface area (Å²) >= 11 is 0. The van der Waals surface area contributed by atoms with Crippen LogP contribution in [0.5, 0.6) is 0 Å². The molecule has 2 aliphatic heterocycles. The van der Waals surface area contributed by atoms with Crippen molar-refractivity contribution in [3.8, 4) is 0 Å². The van der Waals surface area contributed by atoms with E-state index in [0.717, 1.165) is 0 Å². The summed E-state index contributed by atoms with van der Waals surface area (Å²) in [5.41, 5.74) is -1.50. The van der Waals surface area contributed by atoms with E-state index in [4.69, 9.17) is 9.47 Å². The minimum atomic E-state index is -1.66. The predicted molar refractivity (Wildman–Crippen MR) is 48.8 cm³/mol. The Hall–Kier alpha value is -0.940. The molecule has 2 saturated heterocycles. The van der Waals surface area contributed by atoms with Crippen molar-refractivity contribution in [2.45, 2.75) is 32.0 Å². The second-order valence-electron chi connectivity index (χ2n) is 4.08. The van der Waals surface area contributed by atoms with Crippen LogP contribution in [0.1, 0.15) is 26.2 Å². The van der Waals surface area contributed by atoms with E-state index in [9.17, 15) is 14.7 Å². The number of hydrogen-bond donors (Lipinski definition) is 1. The first-order valence-corrected chi connectivity index (χ1v) is 5.07. The molecule has 1 N–H and O–H groups in total. The third-order valence-electron chi connectivity index (χ3n) is 3.33. The molecule has 2 heterocycles. The molecule has 0 bridgehead atoms. The standard InChI is InChI=1S/C10H14O5/c1-7(11)9(4-6-14-8(9)12)10(13)3-2-5-15-10/h13H,2-6H2,1H3. The molecule has 0 amide bonds. The van der Waals surface area contributed by atoms with Gasteiger partial charge in [-0.05, 0) is 13.3 Å². The first kappa shape index (κ1) is 10.6. The first-order chi connectivity index (χ1) is 7.03. The number of aliphatic hydroxyl groups is 1. The van der Waals surface area contributed by atoms with Crippen molar-refractivity contribution in [1.82, 2.24) is 0 Å². The highest BCUT2D eigenvalue weighted by Crippen LogP contribution is 2.47. The Kier molecular flexibility index (Phi) is 2.31. The van der Waals surface area contributed by atoms with E-state index < -0.39 is 17.2 Å². The molecule has 5 heteroatoms. The summed E-state index contributed by atoms with van der Waals surface area (Å²) in [6.45, 7) is 1.84. The largest absolute Gasteiger partial charge is 0.465 e. The summed E-state index contributed by atoms with van der Waals surface area (Å²) in [7, 11) is 0. The quantitative estimate of drug-likeness (QED) is 0.517. The number of carbonyl (C=O) groups is 2. The Balaban J connectivity index is 2.42. The average Bonchev–Trinajstić information content (AvgIpc) is 2.73. The molecule has 2 fully saturated rings. The summed E-state index contributed by atoms with van der Waals surface area (Å²) in [6.07, 6.45) is 1.16. The fourth-order valence-electron chi connectivity index (χ4n) is 2.43. The number of carbonyl (C=O) groups excluding carboxylic acids is 2. The molecule has 2 atom stereocenters. The van der Waals surface area contributed by atoms with Crippen molar-refractivity contribution >= 4 is 11.8 Å². The molecule has 0 aliphatic carbocycles. The molecule has 2 unspecified atom stereocenters. The minimum absolute atomic E-state index is 0.171. The van der Waals surface area contributed by atoms with Gasteiger partial charge in [0.05, 0.1) is 13.2 Å². The van der Waals surface area contributed by atoms with Gasteiger partial charge < -0.3 is 14.6 Å². The molecule has 0 radical (unpaired) electrons. The van der Waals surface area contributed by atoms with E-state index in [1.807, 2.05) is 0 Å². The smallest absolute Gasteiger partial charge is 0.325 e. The van der Waals surface area contributed by atoms with E-state index in [1.54, 1.807) is 0 Å². The lowest BCUT2D eigenvalue weighted by Gasteiger charge is -2.35. The Bertz CT molecular complexity index is 305. The van der Waals surface area contributed by atoms with Crippen molar-refractivity contribution in [2.75, 3.05) is 13.2 Å². The maximum Gasteiger partial charge on any atom is 0.325 e. The zero-order valence-electron chi connectivity index (χ0n) is 8.62. The summed E-state index contributed by atoms with van der Waals surface area (Å²) < 4.78 is 10.0. The summed E-state index contributed by atoms with van der Waals surface area (Å²) in [5.74, 6) is -2.69. The van der Waals surface area contributed by atoms with Gasteiger partial charge in [0.1, 0.15) is 0 Å². The summed E-state index contributed by atoms with van der Waals surface area (Å²) in [4.78, 5) is 23.3. The molecule has 84 valence electrons. The summed E-state index contributed by atoms with van der Waals surface area (Å²) in [6, 6.07) is 0. The molecule has 15 heavy (non-hydrogen) atoms. The number of Topliss-reactive ketones (excluding diaryl/α,β-unsaturated/α-hetero) is 1. The zero-order chi connectivity index (χ0) is 11.1. The Labute approximate surface area is 87.4 Å². The molecule has 0 saturated carbocycles. The lowest BCUT2D eigenvalue weighted by Crippen LogP contribution is -2.55. The fourth-order valence-corrected chi connectivity index (χ4v) is 2.43. The molecule has 2 aliphatic rings. The van der Waals surface area contributed by atoms with E-state index in [0.29, 0.717) is 19.4 Å². The Morgan fingerprint density at radius 3 is 2.53 bits per heavy atom. The van der Waals surface area contributed by atoms with Crippen LogP contribution in [0.4, 0.5) is 0 Å². The molecule has 0 aromatic heterocycles. The van der Waals surface area contributed by atoms with Crippen LogP contribution in [0.25, 0.3) is 0 Å². The highest BCUT2D eigenvalue weighted by Gasteiger charge is 2.65. The highest BCUT2D eigenvalue weighted by atomic mass is 16.6. The lowest BCUT2D eigenvalue weighted by molar-refractivity contribution is -0.237. The SMILES string of the molecule is CC(=O)C1(C2(O)CCCO2)CCOC1=O. The van der Waals surface area contributed by atoms with Crippen molar-refractivity contribution in [3.05, 3.63) is 0 Å². The number of ketones is 1. The van der Waals surface area contributed by atoms with Crippen LogP contribution >= 0.6 is 0 Å². The second kappa shape index (κ2) is 3.28. The van der Waals surface area contributed by atoms with Gasteiger partial charge in [0.25, 0.3) is 0 Å². The van der Waals surface area contributed by atoms with Crippen LogP contribution in [-0.4, -0.2) is 35.9 Å². The van der Waals surface area contributed by atoms with Crippen LogP contribution in [0.15, 0.2) is 0 Å². The van der Waals surface area contributed by atoms with Crippen molar-refractivity contribution in [3.63, 3.8) is 0 Å². The molecular formula is C10H14O5. The number of cyclic esters (lactones) is 1. The third-order valence-corrected chi connectivity index (χ3v) is 3.33. The van der Waals surface area contributed by atoms with Gasteiger partial charge in [0.15, 0.2) is 17.0 Å². The highest BCUT2D eigenvalue weighted by molar-refractivity contribution is 6.05. The van der Waals surface area contributed by atoms with E-state index in [2.05, 4.69) is 0 Å². The van der Waals surface area contributed by atoms with E-state index >= 15 is 0 Å². The van der Waals surface area contributed by atoms with Crippen molar-refractivity contribution in [2.24, 2.45) is 5.41 Å².